The van der Waals surface area contributed by atoms with E-state index >= 15 is 0 Å². The number of carboxylic acids is 3. The highest BCUT2D eigenvalue weighted by Gasteiger charge is 2.25. The summed E-state index contributed by atoms with van der Waals surface area (Å²) in [5.41, 5.74) is 8.10. The molecule has 12 aromatic rings. The van der Waals surface area contributed by atoms with Crippen LogP contribution in [0.5, 0.6) is 0 Å². The van der Waals surface area contributed by atoms with Gasteiger partial charge >= 0.3 is 17.9 Å². The van der Waals surface area contributed by atoms with E-state index in [0.29, 0.717) is 105 Å². The lowest BCUT2D eigenvalue weighted by atomic mass is 10.1. The summed E-state index contributed by atoms with van der Waals surface area (Å²) in [5, 5.41) is 46.0. The Kier molecular flexibility index (Phi) is 26.4. The molecule has 7 N–H and O–H groups in total. The number of amides is 5. The van der Waals surface area contributed by atoms with Crippen LogP contribution in [0.4, 0.5) is 34.5 Å². The maximum absolute atomic E-state index is 12.8. The van der Waals surface area contributed by atoms with Crippen molar-refractivity contribution in [2.75, 3.05) is 85.0 Å². The number of nitrogens with zero attached hydrogens (tertiary/aromatic N) is 10. The SMILES string of the molecule is CN(C)c1nc(Cc2ccc(NC(=O)c3ccc4ccccc4c3)cc2)ncc1CC(=O)O.CN(CC(=O)N1CCCC1)c1nc(Cc2ccc(NC(=O)c3ccc4ccccc4c3)cc2)ncc1CC(=O)O.CN(CC(=O)NC1CCCC1)c1nc(Cc2ccc(NC(=O)c3ccc4ccccc4c3)cc2)ncc1CC(=O)O. The number of anilines is 6. The van der Waals surface area contributed by atoms with Crippen molar-refractivity contribution in [3.05, 3.63) is 286 Å². The third-order valence-electron chi connectivity index (χ3n) is 19.5. The monoisotopic (exact) mass is 1530 g/mol. The second kappa shape index (κ2) is 37.7. The van der Waals surface area contributed by atoms with E-state index in [-0.39, 0.29) is 67.9 Å². The maximum Gasteiger partial charge on any atom is 0.308 e. The van der Waals surface area contributed by atoms with Crippen molar-refractivity contribution in [2.45, 2.75) is 83.1 Å². The predicted molar refractivity (Wildman–Crippen MR) is 441 cm³/mol. The molecule has 9 aromatic carbocycles. The molecule has 114 heavy (non-hydrogen) atoms. The molecule has 1 aliphatic carbocycles. The number of nitrogens with one attached hydrogen (secondary N) is 4. The van der Waals surface area contributed by atoms with Crippen molar-refractivity contribution in [2.24, 2.45) is 0 Å². The van der Waals surface area contributed by atoms with E-state index in [4.69, 9.17) is 5.11 Å². The number of fused-ring (bicyclic) bond motifs is 3. The third kappa shape index (κ3) is 22.0. The zero-order valence-corrected chi connectivity index (χ0v) is 63.8. The number of likely N-dealkylation sites (tertiary alicyclic amines) is 1. The van der Waals surface area contributed by atoms with Crippen molar-refractivity contribution in [1.29, 1.82) is 0 Å². The van der Waals surface area contributed by atoms with E-state index < -0.39 is 17.9 Å². The molecule has 0 radical (unpaired) electrons. The molecule has 0 bridgehead atoms. The first-order chi connectivity index (χ1) is 55.1. The van der Waals surface area contributed by atoms with E-state index in [9.17, 15) is 48.6 Å². The Morgan fingerprint density at radius 1 is 0.395 bits per heavy atom. The summed E-state index contributed by atoms with van der Waals surface area (Å²) in [5.74, 6) is -0.465. The summed E-state index contributed by atoms with van der Waals surface area (Å²) >= 11 is 0. The van der Waals surface area contributed by atoms with E-state index in [1.807, 2.05) is 219 Å². The molecule has 580 valence electrons. The van der Waals surface area contributed by atoms with Crippen LogP contribution < -0.4 is 36.0 Å². The summed E-state index contributed by atoms with van der Waals surface area (Å²) in [6.07, 6.45) is 11.6. The number of carbonyl (C=O) groups excluding carboxylic acids is 5. The molecule has 14 rings (SSSR count). The fourth-order valence-corrected chi connectivity index (χ4v) is 13.7. The number of likely N-dealkylation sites (N-methyl/N-ethyl adjacent to an activating group) is 2. The van der Waals surface area contributed by atoms with Crippen LogP contribution in [-0.2, 0) is 62.5 Å². The molecule has 0 unspecified atom stereocenters. The van der Waals surface area contributed by atoms with Crippen molar-refractivity contribution in [3.8, 4) is 0 Å². The molecule has 0 atom stereocenters. The van der Waals surface area contributed by atoms with Gasteiger partial charge in [0, 0.05) is 136 Å². The number of hydrogen-bond donors (Lipinski definition) is 7. The van der Waals surface area contributed by atoms with Gasteiger partial charge in [-0.15, -0.1) is 0 Å². The van der Waals surface area contributed by atoms with Crippen LogP contribution in [0.25, 0.3) is 32.3 Å². The summed E-state index contributed by atoms with van der Waals surface area (Å²) in [6.45, 7) is 1.70. The summed E-state index contributed by atoms with van der Waals surface area (Å²) in [6, 6.07) is 63.2. The van der Waals surface area contributed by atoms with Crippen molar-refractivity contribution in [1.82, 2.24) is 40.1 Å². The molecule has 5 amide bonds. The van der Waals surface area contributed by atoms with Gasteiger partial charge in [0.15, 0.2) is 0 Å². The van der Waals surface area contributed by atoms with Gasteiger partial charge in [-0.3, -0.25) is 38.4 Å². The predicted octanol–water partition coefficient (Wildman–Crippen LogP) is 12.9. The van der Waals surface area contributed by atoms with Crippen LogP contribution in [0.2, 0.25) is 0 Å². The summed E-state index contributed by atoms with van der Waals surface area (Å²) in [4.78, 5) is 131. The minimum absolute atomic E-state index is 0.00256. The highest BCUT2D eigenvalue weighted by atomic mass is 16.4. The van der Waals surface area contributed by atoms with Crippen LogP contribution in [0.3, 0.4) is 0 Å². The molecule has 0 spiro atoms. The Hall–Kier alpha value is -13.8. The number of rotatable bonds is 26. The van der Waals surface area contributed by atoms with Gasteiger partial charge in [0.05, 0.1) is 32.4 Å². The van der Waals surface area contributed by atoms with Crippen LogP contribution >= 0.6 is 0 Å². The van der Waals surface area contributed by atoms with Crippen LogP contribution in [0.1, 0.15) is 120 Å². The number of aliphatic carboxylic acids is 3. The number of hydrogen-bond acceptors (Lipinski definition) is 17. The molecule has 25 nitrogen and oxygen atoms in total. The Morgan fingerprint density at radius 3 is 1.06 bits per heavy atom. The second-order valence-electron chi connectivity index (χ2n) is 28.5. The van der Waals surface area contributed by atoms with Gasteiger partial charge in [0.25, 0.3) is 17.7 Å². The van der Waals surface area contributed by atoms with E-state index in [1.165, 1.54) is 12.4 Å². The van der Waals surface area contributed by atoms with Gasteiger partial charge in [0.1, 0.15) is 34.9 Å². The minimum atomic E-state index is -0.993. The molecule has 1 saturated heterocycles. The quantitative estimate of drug-likeness (QED) is 0.0265. The fraction of sp³-hybridized carbons (Fsp3) is 0.236. The first-order valence-corrected chi connectivity index (χ1v) is 37.6. The van der Waals surface area contributed by atoms with E-state index in [0.717, 1.165) is 101 Å². The molecule has 3 aromatic heterocycles. The second-order valence-corrected chi connectivity index (χ2v) is 28.5. The van der Waals surface area contributed by atoms with Gasteiger partial charge in [-0.05, 0) is 147 Å². The normalized spacial score (nSPS) is 12.4. The van der Waals surface area contributed by atoms with Crippen LogP contribution in [0.15, 0.2) is 219 Å². The van der Waals surface area contributed by atoms with Crippen LogP contribution in [0, 0.1) is 0 Å². The van der Waals surface area contributed by atoms with Crippen molar-refractivity contribution < 1.29 is 53.7 Å². The Morgan fingerprint density at radius 2 is 0.719 bits per heavy atom. The summed E-state index contributed by atoms with van der Waals surface area (Å²) < 4.78 is 0. The standard InChI is InChI=1S/C32H33N5O4.C31H31N5O4.C26H24N4O3/c1-37(20-29(38)34-26-8-4-5-9-26)31-25(18-30(39)40)19-33-28(36-31)16-21-10-14-27(15-11-21)35-32(41)24-13-12-22-6-2-3-7-23(22)17-24;1-35(20-28(37)36-14-4-5-15-36)30-25(18-29(38)39)19-32-27(34-30)16-21-8-12-26(13-9-21)33-31(40)24-11-10-22-6-2-3-7-23(22)17-24;1-30(2)25-21(15-24(31)32)16-27-23(29-25)13-17-7-11-22(12-8-17)28-26(33)20-10-9-18-5-3-4-6-19(18)14-20/h2-3,6-7,10-15,17,19,26H,4-5,8-9,16,18,20H2,1H3,(H,34,38)(H,35,41)(H,39,40);2-3,6-13,17,19H,4-5,14-16,18,20H2,1H3,(H,33,40)(H,38,39);3-12,14,16H,13,15H2,1-2H3,(H,28,33)(H,31,32). The molecule has 2 fully saturated rings. The molecule has 2 aliphatic rings. The average molecular weight is 1530 g/mol. The zero-order valence-electron chi connectivity index (χ0n) is 63.8. The lowest BCUT2D eigenvalue weighted by Crippen LogP contribution is -2.40. The molecule has 4 heterocycles. The Labute approximate surface area is 659 Å². The zero-order chi connectivity index (χ0) is 80.2. The number of benzene rings is 9. The van der Waals surface area contributed by atoms with Gasteiger partial charge in [-0.25, -0.2) is 29.9 Å². The Bertz CT molecular complexity index is 5500. The minimum Gasteiger partial charge on any atom is -0.481 e. The molecule has 25 heteroatoms. The number of carbonyl (C=O) groups is 8. The third-order valence-corrected chi connectivity index (χ3v) is 19.5. The summed E-state index contributed by atoms with van der Waals surface area (Å²) in [7, 11) is 7.13. The van der Waals surface area contributed by atoms with Gasteiger partial charge < -0.3 is 56.2 Å². The van der Waals surface area contributed by atoms with Crippen molar-refractivity contribution in [3.63, 3.8) is 0 Å². The van der Waals surface area contributed by atoms with Gasteiger partial charge in [-0.1, -0.05) is 140 Å². The highest BCUT2D eigenvalue weighted by molar-refractivity contribution is 6.08. The van der Waals surface area contributed by atoms with Crippen LogP contribution in [-0.4, -0.2) is 158 Å². The number of aromatic nitrogens is 6. The average Bonchev–Trinajstić information content (AvgIpc) is 1.07. The number of carboxylic acid groups (broad SMARTS) is 3. The highest BCUT2D eigenvalue weighted by Crippen LogP contribution is 2.27. The van der Waals surface area contributed by atoms with Gasteiger partial charge in [0.2, 0.25) is 11.8 Å². The van der Waals surface area contributed by atoms with E-state index in [1.54, 1.807) is 35.0 Å². The lowest BCUT2D eigenvalue weighted by Gasteiger charge is -2.24. The molecular weight excluding hydrogens is 1440 g/mol. The molecule has 1 saturated carbocycles. The Balaban J connectivity index is 0.000000159. The molecular formula is C89H88N14O11. The van der Waals surface area contributed by atoms with Gasteiger partial charge in [-0.2, -0.15) is 0 Å². The molecule has 1 aliphatic heterocycles. The maximum atomic E-state index is 12.8. The first kappa shape index (κ1) is 79.7. The van der Waals surface area contributed by atoms with E-state index in [2.05, 4.69) is 51.2 Å². The van der Waals surface area contributed by atoms with Crippen molar-refractivity contribution >= 4 is 114 Å². The largest absolute Gasteiger partial charge is 0.481 e. The first-order valence-electron chi connectivity index (χ1n) is 37.6. The smallest absolute Gasteiger partial charge is 0.308 e. The lowest BCUT2D eigenvalue weighted by molar-refractivity contribution is -0.137. The fourth-order valence-electron chi connectivity index (χ4n) is 13.7. The topological polar surface area (TPSA) is 336 Å².